The first-order valence-corrected chi connectivity index (χ1v) is 11.1. The molecule has 2 aliphatic heterocycles. The van der Waals surface area contributed by atoms with Crippen LogP contribution in [0.2, 0.25) is 0 Å². The smallest absolute Gasteiger partial charge is 0.155 e. The van der Waals surface area contributed by atoms with Crippen molar-refractivity contribution in [2.45, 2.75) is 45.3 Å². The lowest BCUT2D eigenvalue weighted by molar-refractivity contribution is -0.0151. The Labute approximate surface area is 183 Å². The van der Waals surface area contributed by atoms with E-state index >= 15 is 0 Å². The van der Waals surface area contributed by atoms with Crippen LogP contribution in [-0.4, -0.2) is 31.0 Å². The summed E-state index contributed by atoms with van der Waals surface area (Å²) in [4.78, 5) is 6.21. The Hall–Kier alpha value is -2.75. The number of nitriles is 1. The van der Waals surface area contributed by atoms with Gasteiger partial charge in [0.1, 0.15) is 11.9 Å². The molecule has 164 valence electrons. The molecule has 2 unspecified atom stereocenters. The number of hydrogen-bond acceptors (Lipinski definition) is 6. The van der Waals surface area contributed by atoms with Crippen molar-refractivity contribution in [2.75, 3.05) is 24.8 Å². The van der Waals surface area contributed by atoms with Crippen molar-refractivity contribution in [3.8, 4) is 17.6 Å². The number of anilines is 1. The van der Waals surface area contributed by atoms with Crippen LogP contribution in [0.3, 0.4) is 0 Å². The van der Waals surface area contributed by atoms with E-state index in [1.165, 1.54) is 0 Å². The molecule has 2 aromatic rings. The number of fused-ring (bicyclic) bond motifs is 1. The van der Waals surface area contributed by atoms with E-state index < -0.39 is 6.10 Å². The Morgan fingerprint density at radius 1 is 1.16 bits per heavy atom. The third kappa shape index (κ3) is 5.12. The van der Waals surface area contributed by atoms with E-state index in [1.54, 1.807) is 12.1 Å². The molecular formula is C25H30N2O4. The van der Waals surface area contributed by atoms with Gasteiger partial charge in [0.2, 0.25) is 0 Å². The van der Waals surface area contributed by atoms with Gasteiger partial charge in [0.25, 0.3) is 0 Å². The van der Waals surface area contributed by atoms with Gasteiger partial charge in [0.05, 0.1) is 30.0 Å². The zero-order valence-electron chi connectivity index (χ0n) is 18.2. The molecule has 0 aromatic heterocycles. The van der Waals surface area contributed by atoms with Crippen molar-refractivity contribution in [1.29, 1.82) is 5.26 Å². The Kier molecular flexibility index (Phi) is 6.64. The number of aliphatic hydroxyl groups is 1. The van der Waals surface area contributed by atoms with Crippen molar-refractivity contribution in [1.82, 2.24) is 0 Å². The van der Waals surface area contributed by atoms with Gasteiger partial charge in [0, 0.05) is 31.1 Å². The predicted molar refractivity (Wildman–Crippen MR) is 118 cm³/mol. The average Bonchev–Trinajstić information content (AvgIpc) is 2.79. The average molecular weight is 423 g/mol. The highest BCUT2D eigenvalue weighted by Gasteiger charge is 2.33. The zero-order valence-corrected chi connectivity index (χ0v) is 18.2. The number of aliphatic hydroxyl groups excluding tert-OH is 1. The minimum absolute atomic E-state index is 0.0225. The number of hydrogen-bond donors (Lipinski definition) is 1. The number of ether oxygens (including phenoxy) is 2. The highest BCUT2D eigenvalue weighted by atomic mass is 16.7. The number of rotatable bonds is 6. The molecule has 0 aliphatic carbocycles. The third-order valence-corrected chi connectivity index (χ3v) is 5.90. The molecule has 4 rings (SSSR count). The summed E-state index contributed by atoms with van der Waals surface area (Å²) in [5, 5.41) is 21.7. The van der Waals surface area contributed by atoms with Crippen LogP contribution >= 0.6 is 0 Å². The van der Waals surface area contributed by atoms with E-state index in [4.69, 9.17) is 19.6 Å². The molecule has 6 heteroatoms. The van der Waals surface area contributed by atoms with Gasteiger partial charge in [0.15, 0.2) is 5.75 Å². The van der Waals surface area contributed by atoms with Crippen molar-refractivity contribution in [3.05, 3.63) is 53.6 Å². The van der Waals surface area contributed by atoms with E-state index in [0.717, 1.165) is 43.1 Å². The first-order valence-electron chi connectivity index (χ1n) is 11.1. The zero-order chi connectivity index (χ0) is 21.8. The van der Waals surface area contributed by atoms with Gasteiger partial charge in [-0.25, -0.2) is 5.06 Å². The molecule has 0 radical (unpaired) electrons. The number of benzene rings is 2. The predicted octanol–water partition coefficient (Wildman–Crippen LogP) is 4.63. The second kappa shape index (κ2) is 9.59. The summed E-state index contributed by atoms with van der Waals surface area (Å²) in [7, 11) is 0. The molecule has 1 fully saturated rings. The maximum Gasteiger partial charge on any atom is 0.155 e. The Morgan fingerprint density at radius 3 is 2.58 bits per heavy atom. The lowest BCUT2D eigenvalue weighted by Crippen LogP contribution is -2.36. The van der Waals surface area contributed by atoms with Crippen LogP contribution in [0.25, 0.3) is 0 Å². The van der Waals surface area contributed by atoms with Gasteiger partial charge >= 0.3 is 0 Å². The molecular weight excluding hydrogens is 392 g/mol. The second-order valence-corrected chi connectivity index (χ2v) is 8.76. The lowest BCUT2D eigenvalue weighted by Gasteiger charge is -2.36. The van der Waals surface area contributed by atoms with Crippen LogP contribution in [0.15, 0.2) is 42.5 Å². The SMILES string of the molecule is CC(C)CN(Oc1ccc2c(c1)C(O)CC(C1CCOCC1)O2)c1ccc(C#N)cc1. The van der Waals surface area contributed by atoms with E-state index in [0.29, 0.717) is 36.1 Å². The summed E-state index contributed by atoms with van der Waals surface area (Å²) < 4.78 is 11.7. The number of nitrogens with zero attached hydrogens (tertiary/aromatic N) is 2. The normalized spacial score (nSPS) is 21.1. The fourth-order valence-electron chi connectivity index (χ4n) is 4.24. The fraction of sp³-hybridized carbons (Fsp3) is 0.480. The molecule has 31 heavy (non-hydrogen) atoms. The molecule has 2 aromatic carbocycles. The van der Waals surface area contributed by atoms with E-state index in [2.05, 4.69) is 19.9 Å². The van der Waals surface area contributed by atoms with Crippen LogP contribution in [0.1, 0.15) is 50.3 Å². The molecule has 2 atom stereocenters. The summed E-state index contributed by atoms with van der Waals surface area (Å²) >= 11 is 0. The van der Waals surface area contributed by atoms with Crippen LogP contribution in [0.5, 0.6) is 11.5 Å². The van der Waals surface area contributed by atoms with Crippen LogP contribution in [0.4, 0.5) is 5.69 Å². The van der Waals surface area contributed by atoms with Crippen molar-refractivity contribution >= 4 is 5.69 Å². The number of hydroxylamine groups is 1. The standard InChI is InChI=1S/C25H30N2O4/c1-17(2)16-27(20-5-3-18(15-26)4-6-20)31-21-7-8-24-22(13-21)23(28)14-25(30-24)19-9-11-29-12-10-19/h3-8,13,17,19,23,25,28H,9-12,14,16H2,1-2H3. The van der Waals surface area contributed by atoms with Gasteiger partial charge in [-0.05, 0) is 61.2 Å². The summed E-state index contributed by atoms with van der Waals surface area (Å²) in [6.07, 6.45) is 1.99. The van der Waals surface area contributed by atoms with Gasteiger partial charge in [-0.15, -0.1) is 0 Å². The molecule has 0 saturated carbocycles. The Balaban J connectivity index is 1.51. The van der Waals surface area contributed by atoms with Gasteiger partial charge in [-0.1, -0.05) is 13.8 Å². The molecule has 6 nitrogen and oxygen atoms in total. The van der Waals surface area contributed by atoms with Crippen molar-refractivity contribution < 1.29 is 19.4 Å². The topological polar surface area (TPSA) is 75.0 Å². The molecule has 0 spiro atoms. The van der Waals surface area contributed by atoms with E-state index in [1.807, 2.05) is 35.4 Å². The maximum absolute atomic E-state index is 10.8. The fourth-order valence-corrected chi connectivity index (χ4v) is 4.24. The first-order chi connectivity index (χ1) is 15.0. The summed E-state index contributed by atoms with van der Waals surface area (Å²) in [6.45, 7) is 6.47. The van der Waals surface area contributed by atoms with Crippen LogP contribution in [-0.2, 0) is 4.74 Å². The summed E-state index contributed by atoms with van der Waals surface area (Å²) in [5.41, 5.74) is 2.26. The monoisotopic (exact) mass is 422 g/mol. The van der Waals surface area contributed by atoms with Crippen molar-refractivity contribution in [2.24, 2.45) is 11.8 Å². The lowest BCUT2D eigenvalue weighted by atomic mass is 9.87. The van der Waals surface area contributed by atoms with Crippen LogP contribution < -0.4 is 14.6 Å². The van der Waals surface area contributed by atoms with Gasteiger partial charge in [-0.2, -0.15) is 5.26 Å². The highest BCUT2D eigenvalue weighted by Crippen LogP contribution is 2.40. The molecule has 2 aliphatic rings. The van der Waals surface area contributed by atoms with E-state index in [-0.39, 0.29) is 6.10 Å². The Bertz CT molecular complexity index is 916. The van der Waals surface area contributed by atoms with Crippen LogP contribution in [0, 0.1) is 23.2 Å². The largest absolute Gasteiger partial charge is 0.490 e. The second-order valence-electron chi connectivity index (χ2n) is 8.76. The Morgan fingerprint density at radius 2 is 1.90 bits per heavy atom. The molecule has 1 saturated heterocycles. The molecule has 0 bridgehead atoms. The summed E-state index contributed by atoms with van der Waals surface area (Å²) in [5.74, 6) is 2.18. The maximum atomic E-state index is 10.8. The summed E-state index contributed by atoms with van der Waals surface area (Å²) in [6, 6.07) is 15.1. The molecule has 1 N–H and O–H groups in total. The highest BCUT2D eigenvalue weighted by molar-refractivity contribution is 5.49. The third-order valence-electron chi connectivity index (χ3n) is 5.90. The minimum atomic E-state index is -0.575. The minimum Gasteiger partial charge on any atom is -0.490 e. The quantitative estimate of drug-likeness (QED) is 0.685. The van der Waals surface area contributed by atoms with E-state index in [9.17, 15) is 5.11 Å². The first kappa shape index (κ1) is 21.5. The molecule has 0 amide bonds. The van der Waals surface area contributed by atoms with Gasteiger partial charge in [-0.3, -0.25) is 0 Å². The van der Waals surface area contributed by atoms with Gasteiger partial charge < -0.3 is 19.4 Å². The van der Waals surface area contributed by atoms with Crippen molar-refractivity contribution in [3.63, 3.8) is 0 Å². The molecule has 2 heterocycles.